The van der Waals surface area contributed by atoms with Gasteiger partial charge in [0.25, 0.3) is 0 Å². The number of halogens is 1. The second-order valence-corrected chi connectivity index (χ2v) is 4.18. The van der Waals surface area contributed by atoms with Crippen LogP contribution >= 0.6 is 0 Å². The molecule has 0 aromatic carbocycles. The number of hydrogen-bond donors (Lipinski definition) is 1. The van der Waals surface area contributed by atoms with Gasteiger partial charge in [-0.15, -0.1) is 0 Å². The summed E-state index contributed by atoms with van der Waals surface area (Å²) >= 11 is 0. The molecule has 5 nitrogen and oxygen atoms in total. The molecular formula is C11H14FN3O2. The fourth-order valence-electron chi connectivity index (χ4n) is 2.17. The van der Waals surface area contributed by atoms with Crippen LogP contribution in [0.1, 0.15) is 25.0 Å². The zero-order valence-corrected chi connectivity index (χ0v) is 9.56. The highest BCUT2D eigenvalue weighted by molar-refractivity contribution is 5.68. The van der Waals surface area contributed by atoms with Crippen molar-refractivity contribution in [1.82, 2.24) is 9.97 Å². The van der Waals surface area contributed by atoms with Gasteiger partial charge in [0.1, 0.15) is 6.33 Å². The molecule has 1 fully saturated rings. The Bertz CT molecular complexity index is 439. The topological polar surface area (TPSA) is 66.3 Å². The predicted molar refractivity (Wildman–Crippen MR) is 59.3 cm³/mol. The van der Waals surface area contributed by atoms with E-state index < -0.39 is 11.8 Å². The average Bonchev–Trinajstić information content (AvgIpc) is 2.69. The van der Waals surface area contributed by atoms with Gasteiger partial charge >= 0.3 is 5.97 Å². The SMILES string of the molecule is Cc1ncnc(N2CCCC2CC(=O)O)c1F. The van der Waals surface area contributed by atoms with E-state index in [4.69, 9.17) is 5.11 Å². The van der Waals surface area contributed by atoms with E-state index in [-0.39, 0.29) is 24.0 Å². The summed E-state index contributed by atoms with van der Waals surface area (Å²) in [5.74, 6) is -1.10. The van der Waals surface area contributed by atoms with Crippen molar-refractivity contribution >= 4 is 11.8 Å². The van der Waals surface area contributed by atoms with Crippen LogP contribution in [-0.2, 0) is 4.79 Å². The van der Waals surface area contributed by atoms with Crippen LogP contribution in [-0.4, -0.2) is 33.6 Å². The van der Waals surface area contributed by atoms with E-state index in [1.54, 1.807) is 11.8 Å². The zero-order valence-electron chi connectivity index (χ0n) is 9.56. The number of aliphatic carboxylic acids is 1. The Morgan fingerprint density at radius 2 is 2.41 bits per heavy atom. The summed E-state index contributed by atoms with van der Waals surface area (Å²) in [6, 6.07) is -0.170. The van der Waals surface area contributed by atoms with Gasteiger partial charge in [-0.2, -0.15) is 0 Å². The molecule has 2 rings (SSSR count). The van der Waals surface area contributed by atoms with Crippen LogP contribution in [0, 0.1) is 12.7 Å². The van der Waals surface area contributed by atoms with Crippen molar-refractivity contribution in [2.45, 2.75) is 32.2 Å². The fraction of sp³-hybridized carbons (Fsp3) is 0.545. The van der Waals surface area contributed by atoms with Crippen molar-refractivity contribution in [3.8, 4) is 0 Å². The number of anilines is 1. The number of carbonyl (C=O) groups is 1. The maximum absolute atomic E-state index is 13.9. The average molecular weight is 239 g/mol. The molecule has 0 radical (unpaired) electrons. The molecule has 0 bridgehead atoms. The normalized spacial score (nSPS) is 19.6. The highest BCUT2D eigenvalue weighted by Gasteiger charge is 2.29. The Morgan fingerprint density at radius 1 is 1.65 bits per heavy atom. The van der Waals surface area contributed by atoms with Crippen LogP contribution in [0.4, 0.5) is 10.2 Å². The highest BCUT2D eigenvalue weighted by Crippen LogP contribution is 2.28. The lowest BCUT2D eigenvalue weighted by atomic mass is 10.1. The monoisotopic (exact) mass is 239 g/mol. The lowest BCUT2D eigenvalue weighted by Crippen LogP contribution is -2.32. The number of aromatic nitrogens is 2. The van der Waals surface area contributed by atoms with Crippen LogP contribution in [0.25, 0.3) is 0 Å². The molecule has 1 aromatic heterocycles. The van der Waals surface area contributed by atoms with Gasteiger partial charge in [-0.05, 0) is 19.8 Å². The van der Waals surface area contributed by atoms with Gasteiger partial charge in [-0.25, -0.2) is 14.4 Å². The maximum atomic E-state index is 13.9. The number of nitrogens with zero attached hydrogens (tertiary/aromatic N) is 3. The van der Waals surface area contributed by atoms with Crippen LogP contribution < -0.4 is 4.90 Å². The molecule has 17 heavy (non-hydrogen) atoms. The smallest absolute Gasteiger partial charge is 0.305 e. The van der Waals surface area contributed by atoms with Crippen molar-refractivity contribution in [2.75, 3.05) is 11.4 Å². The molecule has 1 atom stereocenters. The molecule has 0 spiro atoms. The molecule has 1 unspecified atom stereocenters. The highest BCUT2D eigenvalue weighted by atomic mass is 19.1. The Morgan fingerprint density at radius 3 is 3.12 bits per heavy atom. The number of carboxylic acids is 1. The molecule has 6 heteroatoms. The molecule has 92 valence electrons. The van der Waals surface area contributed by atoms with E-state index in [0.717, 1.165) is 12.8 Å². The van der Waals surface area contributed by atoms with E-state index in [9.17, 15) is 9.18 Å². The minimum absolute atomic E-state index is 0.0164. The zero-order chi connectivity index (χ0) is 12.4. The minimum Gasteiger partial charge on any atom is -0.481 e. The number of aryl methyl sites for hydroxylation is 1. The molecular weight excluding hydrogens is 225 g/mol. The molecule has 1 aliphatic rings. The molecule has 1 saturated heterocycles. The summed E-state index contributed by atoms with van der Waals surface area (Å²) in [5, 5.41) is 8.81. The van der Waals surface area contributed by atoms with E-state index >= 15 is 0 Å². The molecule has 1 N–H and O–H groups in total. The van der Waals surface area contributed by atoms with Crippen LogP contribution in [0.3, 0.4) is 0 Å². The van der Waals surface area contributed by atoms with Gasteiger partial charge in [0, 0.05) is 12.6 Å². The van der Waals surface area contributed by atoms with Crippen molar-refractivity contribution in [3.05, 3.63) is 17.8 Å². The first-order chi connectivity index (χ1) is 8.09. The van der Waals surface area contributed by atoms with E-state index in [1.165, 1.54) is 6.33 Å². The lowest BCUT2D eigenvalue weighted by Gasteiger charge is -2.24. The van der Waals surface area contributed by atoms with Crippen molar-refractivity contribution in [1.29, 1.82) is 0 Å². The summed E-state index contributed by atoms with van der Waals surface area (Å²) in [7, 11) is 0. The summed E-state index contributed by atoms with van der Waals surface area (Å²) < 4.78 is 13.9. The predicted octanol–water partition coefficient (Wildman–Crippen LogP) is 1.37. The Balaban J connectivity index is 2.26. The largest absolute Gasteiger partial charge is 0.481 e. The van der Waals surface area contributed by atoms with E-state index in [0.29, 0.717) is 6.54 Å². The fourth-order valence-corrected chi connectivity index (χ4v) is 2.17. The molecule has 0 aliphatic carbocycles. The summed E-state index contributed by atoms with van der Waals surface area (Å²) in [6.45, 7) is 2.22. The van der Waals surface area contributed by atoms with Crippen LogP contribution in [0.5, 0.6) is 0 Å². The molecule has 2 heterocycles. The number of hydrogen-bond acceptors (Lipinski definition) is 4. The standard InChI is InChI=1S/C11H14FN3O2/c1-7-10(12)11(14-6-13-7)15-4-2-3-8(15)5-9(16)17/h6,8H,2-5H2,1H3,(H,16,17). The van der Waals surface area contributed by atoms with Gasteiger partial charge < -0.3 is 10.0 Å². The molecule has 0 amide bonds. The molecule has 1 aromatic rings. The van der Waals surface area contributed by atoms with E-state index in [2.05, 4.69) is 9.97 Å². The Kier molecular flexibility index (Phi) is 3.21. The van der Waals surface area contributed by atoms with Crippen molar-refractivity contribution in [2.24, 2.45) is 0 Å². The summed E-state index contributed by atoms with van der Waals surface area (Å²) in [4.78, 5) is 20.2. The summed E-state index contributed by atoms with van der Waals surface area (Å²) in [6.07, 6.45) is 2.95. The molecule has 0 saturated carbocycles. The second-order valence-electron chi connectivity index (χ2n) is 4.18. The third kappa shape index (κ3) is 2.35. The van der Waals surface area contributed by atoms with Gasteiger partial charge in [-0.1, -0.05) is 0 Å². The van der Waals surface area contributed by atoms with Crippen molar-refractivity contribution < 1.29 is 14.3 Å². The minimum atomic E-state index is -0.868. The lowest BCUT2D eigenvalue weighted by molar-refractivity contribution is -0.137. The van der Waals surface area contributed by atoms with Crippen molar-refractivity contribution in [3.63, 3.8) is 0 Å². The summed E-state index contributed by atoms with van der Waals surface area (Å²) in [5.41, 5.74) is 0.288. The maximum Gasteiger partial charge on any atom is 0.305 e. The Labute approximate surface area is 98.3 Å². The first-order valence-electron chi connectivity index (χ1n) is 5.55. The van der Waals surface area contributed by atoms with E-state index in [1.807, 2.05) is 0 Å². The third-order valence-electron chi connectivity index (χ3n) is 3.00. The van der Waals surface area contributed by atoms with Crippen LogP contribution in [0.15, 0.2) is 6.33 Å². The van der Waals surface area contributed by atoms with Gasteiger partial charge in [-0.3, -0.25) is 4.79 Å². The quantitative estimate of drug-likeness (QED) is 0.862. The van der Waals surface area contributed by atoms with Crippen LogP contribution in [0.2, 0.25) is 0 Å². The first-order valence-corrected chi connectivity index (χ1v) is 5.55. The third-order valence-corrected chi connectivity index (χ3v) is 3.00. The second kappa shape index (κ2) is 4.65. The van der Waals surface area contributed by atoms with Gasteiger partial charge in [0.05, 0.1) is 12.1 Å². The first kappa shape index (κ1) is 11.8. The Hall–Kier alpha value is -1.72. The number of carboxylic acid groups (broad SMARTS) is 1. The number of rotatable bonds is 3. The molecule has 1 aliphatic heterocycles. The van der Waals surface area contributed by atoms with Gasteiger partial charge in [0.2, 0.25) is 0 Å². The van der Waals surface area contributed by atoms with Gasteiger partial charge in [0.15, 0.2) is 11.6 Å².